The molecule has 2 aromatic rings. The second-order valence-corrected chi connectivity index (χ2v) is 3.45. The number of aromatic nitrogens is 3. The molecule has 0 saturated carbocycles. The Hall–Kier alpha value is -2.24. The molecule has 1 amide bonds. The first kappa shape index (κ1) is 11.3. The van der Waals surface area contributed by atoms with Crippen LogP contribution < -0.4 is 5.32 Å². The zero-order chi connectivity index (χ0) is 12.1. The number of carbonyl (C=O) groups is 1. The van der Waals surface area contributed by atoms with Crippen LogP contribution in [0, 0.1) is 5.82 Å². The minimum atomic E-state index is -0.423. The molecule has 1 heterocycles. The minimum absolute atomic E-state index is 0.302. The van der Waals surface area contributed by atoms with E-state index in [9.17, 15) is 9.18 Å². The maximum Gasteiger partial charge on any atom is 0.251 e. The number of nitrogens with one attached hydrogen (secondary N) is 2. The van der Waals surface area contributed by atoms with Crippen LogP contribution in [0.5, 0.6) is 0 Å². The van der Waals surface area contributed by atoms with Gasteiger partial charge in [0.2, 0.25) is 0 Å². The van der Waals surface area contributed by atoms with Gasteiger partial charge in [-0.05, 0) is 18.2 Å². The van der Waals surface area contributed by atoms with Crippen molar-refractivity contribution in [3.8, 4) is 0 Å². The molecule has 88 valence electrons. The molecule has 0 unspecified atom stereocenters. The van der Waals surface area contributed by atoms with Gasteiger partial charge in [-0.1, -0.05) is 6.07 Å². The SMILES string of the molecule is O=C(NCCc1ncn[nH]1)c1cccc(F)c1. The van der Waals surface area contributed by atoms with Gasteiger partial charge in [0.25, 0.3) is 5.91 Å². The molecule has 0 aliphatic carbocycles. The van der Waals surface area contributed by atoms with Gasteiger partial charge in [0.05, 0.1) is 0 Å². The number of amides is 1. The standard InChI is InChI=1S/C11H11FN4O/c12-9-3-1-2-8(6-9)11(17)13-5-4-10-14-7-15-16-10/h1-3,6-7H,4-5H2,(H,13,17)(H,14,15,16). The highest BCUT2D eigenvalue weighted by atomic mass is 19.1. The third kappa shape index (κ3) is 3.10. The van der Waals surface area contributed by atoms with Crippen molar-refractivity contribution in [2.24, 2.45) is 0 Å². The predicted octanol–water partition coefficient (Wildman–Crippen LogP) is 0.916. The van der Waals surface area contributed by atoms with Crippen molar-refractivity contribution in [3.05, 3.63) is 47.8 Å². The van der Waals surface area contributed by atoms with Gasteiger partial charge in [-0.3, -0.25) is 9.89 Å². The molecule has 0 radical (unpaired) electrons. The van der Waals surface area contributed by atoms with Crippen molar-refractivity contribution < 1.29 is 9.18 Å². The first-order valence-corrected chi connectivity index (χ1v) is 5.14. The molecule has 1 aromatic heterocycles. The lowest BCUT2D eigenvalue weighted by Gasteiger charge is -2.03. The van der Waals surface area contributed by atoms with Crippen LogP contribution in [0.25, 0.3) is 0 Å². The predicted molar refractivity (Wildman–Crippen MR) is 58.8 cm³/mol. The molecule has 0 spiro atoms. The van der Waals surface area contributed by atoms with Crippen molar-refractivity contribution in [3.63, 3.8) is 0 Å². The zero-order valence-electron chi connectivity index (χ0n) is 8.98. The molecule has 2 rings (SSSR count). The lowest BCUT2D eigenvalue weighted by molar-refractivity contribution is 0.0953. The van der Waals surface area contributed by atoms with Crippen LogP contribution in [0.3, 0.4) is 0 Å². The van der Waals surface area contributed by atoms with Crippen LogP contribution in [0.2, 0.25) is 0 Å². The van der Waals surface area contributed by atoms with Gasteiger partial charge >= 0.3 is 0 Å². The van der Waals surface area contributed by atoms with E-state index in [-0.39, 0.29) is 5.91 Å². The van der Waals surface area contributed by atoms with Gasteiger partial charge < -0.3 is 5.32 Å². The maximum absolute atomic E-state index is 12.9. The third-order valence-corrected chi connectivity index (χ3v) is 2.20. The van der Waals surface area contributed by atoms with E-state index in [0.29, 0.717) is 24.4 Å². The highest BCUT2D eigenvalue weighted by Gasteiger charge is 2.05. The number of aromatic amines is 1. The fourth-order valence-corrected chi connectivity index (χ4v) is 1.38. The summed E-state index contributed by atoms with van der Waals surface area (Å²) in [6, 6.07) is 5.56. The van der Waals surface area contributed by atoms with Crippen molar-refractivity contribution in [1.29, 1.82) is 0 Å². The highest BCUT2D eigenvalue weighted by molar-refractivity contribution is 5.94. The van der Waals surface area contributed by atoms with E-state index in [0.717, 1.165) is 0 Å². The van der Waals surface area contributed by atoms with Crippen molar-refractivity contribution in [1.82, 2.24) is 20.5 Å². The molecule has 0 aliphatic rings. The van der Waals surface area contributed by atoms with Crippen LogP contribution in [-0.2, 0) is 6.42 Å². The van der Waals surface area contributed by atoms with E-state index >= 15 is 0 Å². The van der Waals surface area contributed by atoms with Gasteiger partial charge in [0.15, 0.2) is 0 Å². The molecule has 2 N–H and O–H groups in total. The lowest BCUT2D eigenvalue weighted by atomic mass is 10.2. The average molecular weight is 234 g/mol. The second kappa shape index (κ2) is 5.20. The Morgan fingerprint density at radius 3 is 3.06 bits per heavy atom. The Morgan fingerprint density at radius 1 is 1.47 bits per heavy atom. The Balaban J connectivity index is 1.85. The molecule has 0 bridgehead atoms. The Labute approximate surface area is 97.1 Å². The number of carbonyl (C=O) groups excluding carboxylic acids is 1. The Morgan fingerprint density at radius 2 is 2.35 bits per heavy atom. The number of hydrogen-bond acceptors (Lipinski definition) is 3. The molecule has 0 saturated heterocycles. The summed E-state index contributed by atoms with van der Waals surface area (Å²) in [4.78, 5) is 15.5. The first-order valence-electron chi connectivity index (χ1n) is 5.14. The highest BCUT2D eigenvalue weighted by Crippen LogP contribution is 2.02. The average Bonchev–Trinajstić information content (AvgIpc) is 2.82. The van der Waals surface area contributed by atoms with Gasteiger partial charge in [0.1, 0.15) is 18.0 Å². The third-order valence-electron chi connectivity index (χ3n) is 2.20. The van der Waals surface area contributed by atoms with E-state index in [4.69, 9.17) is 0 Å². The number of halogens is 1. The summed E-state index contributed by atoms with van der Waals surface area (Å²) in [5, 5.41) is 9.05. The Bertz CT molecular complexity index is 498. The lowest BCUT2D eigenvalue weighted by Crippen LogP contribution is -2.26. The van der Waals surface area contributed by atoms with E-state index in [1.54, 1.807) is 6.07 Å². The molecular formula is C11H11FN4O. The summed E-state index contributed by atoms with van der Waals surface area (Å²) in [5.41, 5.74) is 0.308. The first-order chi connectivity index (χ1) is 8.25. The van der Waals surface area contributed by atoms with Crippen LogP contribution in [0.15, 0.2) is 30.6 Å². The molecule has 0 fully saturated rings. The summed E-state index contributed by atoms with van der Waals surface area (Å²) in [6.07, 6.45) is 1.96. The number of hydrogen-bond donors (Lipinski definition) is 2. The second-order valence-electron chi connectivity index (χ2n) is 3.45. The number of rotatable bonds is 4. The van der Waals surface area contributed by atoms with E-state index in [2.05, 4.69) is 20.5 Å². The molecule has 17 heavy (non-hydrogen) atoms. The zero-order valence-corrected chi connectivity index (χ0v) is 8.98. The number of nitrogens with zero attached hydrogens (tertiary/aromatic N) is 2. The van der Waals surface area contributed by atoms with Gasteiger partial charge in [-0.25, -0.2) is 9.37 Å². The summed E-state index contributed by atoms with van der Waals surface area (Å²) in [5.74, 6) is -0.0264. The molecule has 0 aliphatic heterocycles. The smallest absolute Gasteiger partial charge is 0.251 e. The molecule has 5 nitrogen and oxygen atoms in total. The summed E-state index contributed by atoms with van der Waals surface area (Å²) in [7, 11) is 0. The number of benzene rings is 1. The van der Waals surface area contributed by atoms with E-state index in [1.807, 2.05) is 0 Å². The summed E-state index contributed by atoms with van der Waals surface area (Å²) in [6.45, 7) is 0.421. The fraction of sp³-hybridized carbons (Fsp3) is 0.182. The minimum Gasteiger partial charge on any atom is -0.352 e. The maximum atomic E-state index is 12.9. The van der Waals surface area contributed by atoms with Gasteiger partial charge in [0, 0.05) is 18.5 Å². The topological polar surface area (TPSA) is 70.7 Å². The largest absolute Gasteiger partial charge is 0.352 e. The van der Waals surface area contributed by atoms with Crippen molar-refractivity contribution >= 4 is 5.91 Å². The van der Waals surface area contributed by atoms with Crippen molar-refractivity contribution in [2.75, 3.05) is 6.54 Å². The summed E-state index contributed by atoms with van der Waals surface area (Å²) >= 11 is 0. The quantitative estimate of drug-likeness (QED) is 0.826. The normalized spacial score (nSPS) is 10.2. The molecule has 0 atom stereocenters. The molecule has 1 aromatic carbocycles. The van der Waals surface area contributed by atoms with E-state index < -0.39 is 5.82 Å². The molecular weight excluding hydrogens is 223 g/mol. The molecule has 6 heteroatoms. The summed E-state index contributed by atoms with van der Waals surface area (Å²) < 4.78 is 12.9. The van der Waals surface area contributed by atoms with E-state index in [1.165, 1.54) is 24.5 Å². The van der Waals surface area contributed by atoms with Gasteiger partial charge in [-0.2, -0.15) is 5.10 Å². The van der Waals surface area contributed by atoms with Crippen LogP contribution in [0.1, 0.15) is 16.2 Å². The van der Waals surface area contributed by atoms with Crippen LogP contribution in [-0.4, -0.2) is 27.6 Å². The number of H-pyrrole nitrogens is 1. The van der Waals surface area contributed by atoms with Gasteiger partial charge in [-0.15, -0.1) is 0 Å². The monoisotopic (exact) mass is 234 g/mol. The fourth-order valence-electron chi connectivity index (χ4n) is 1.38. The Kier molecular flexibility index (Phi) is 3.44. The van der Waals surface area contributed by atoms with Crippen molar-refractivity contribution in [2.45, 2.75) is 6.42 Å². The van der Waals surface area contributed by atoms with Crippen LogP contribution >= 0.6 is 0 Å². The van der Waals surface area contributed by atoms with Crippen LogP contribution in [0.4, 0.5) is 4.39 Å².